The molecule has 108 valence electrons. The van der Waals surface area contributed by atoms with Crippen LogP contribution in [0, 0.1) is 13.8 Å². The van der Waals surface area contributed by atoms with Crippen molar-refractivity contribution in [3.05, 3.63) is 38.4 Å². The minimum atomic E-state index is -3.51. The first-order valence-corrected chi connectivity index (χ1v) is 9.27. The van der Waals surface area contributed by atoms with Crippen molar-refractivity contribution in [3.8, 4) is 0 Å². The molecule has 0 spiro atoms. The Balaban J connectivity index is 2.12. The van der Waals surface area contributed by atoms with Crippen molar-refractivity contribution < 1.29 is 8.42 Å². The van der Waals surface area contributed by atoms with Gasteiger partial charge in [0.1, 0.15) is 9.20 Å². The topological polar surface area (TPSA) is 72.2 Å². The Labute approximate surface area is 131 Å². The van der Waals surface area contributed by atoms with Gasteiger partial charge in [-0.05, 0) is 37.6 Å². The molecule has 3 N–H and O–H groups in total. The Morgan fingerprint density at radius 3 is 2.55 bits per heavy atom. The molecule has 0 saturated carbocycles. The molecular formula is C12H14N2O2S4. The maximum absolute atomic E-state index is 12.2. The monoisotopic (exact) mass is 346 g/mol. The molecule has 0 aliphatic heterocycles. The highest BCUT2D eigenvalue weighted by atomic mass is 32.2. The number of hydrogen-bond acceptors (Lipinski definition) is 5. The van der Waals surface area contributed by atoms with E-state index in [0.29, 0.717) is 11.4 Å². The first-order chi connectivity index (χ1) is 9.29. The first kappa shape index (κ1) is 15.6. The normalized spacial score (nSPS) is 11.7. The molecule has 0 aliphatic rings. The van der Waals surface area contributed by atoms with Crippen LogP contribution in [-0.2, 0) is 16.6 Å². The van der Waals surface area contributed by atoms with Crippen LogP contribution in [-0.4, -0.2) is 13.4 Å². The van der Waals surface area contributed by atoms with E-state index in [0.717, 1.165) is 16.2 Å². The van der Waals surface area contributed by atoms with Gasteiger partial charge >= 0.3 is 0 Å². The zero-order valence-corrected chi connectivity index (χ0v) is 14.2. The minimum Gasteiger partial charge on any atom is -0.389 e. The summed E-state index contributed by atoms with van der Waals surface area (Å²) in [6, 6.07) is 5.14. The van der Waals surface area contributed by atoms with E-state index in [1.807, 2.05) is 19.9 Å². The van der Waals surface area contributed by atoms with Crippen molar-refractivity contribution in [2.24, 2.45) is 5.73 Å². The van der Waals surface area contributed by atoms with Gasteiger partial charge in [-0.25, -0.2) is 13.1 Å². The number of thiophene rings is 2. The predicted octanol–water partition coefficient (Wildman–Crippen LogP) is 2.54. The van der Waals surface area contributed by atoms with Crippen LogP contribution in [0.5, 0.6) is 0 Å². The Hall–Kier alpha value is -0.800. The molecular weight excluding hydrogens is 332 g/mol. The Bertz CT molecular complexity index is 724. The van der Waals surface area contributed by atoms with Crippen LogP contribution in [0.1, 0.15) is 20.2 Å². The van der Waals surface area contributed by atoms with E-state index in [-0.39, 0.29) is 9.20 Å². The van der Waals surface area contributed by atoms with Crippen LogP contribution in [0.25, 0.3) is 0 Å². The number of nitrogens with one attached hydrogen (secondary N) is 1. The number of thiocarbonyl (C=S) groups is 1. The van der Waals surface area contributed by atoms with E-state index in [2.05, 4.69) is 4.72 Å². The quantitative estimate of drug-likeness (QED) is 0.816. The number of rotatable bonds is 5. The van der Waals surface area contributed by atoms with E-state index in [4.69, 9.17) is 18.0 Å². The molecule has 0 fully saturated rings. The first-order valence-electron chi connectivity index (χ1n) is 5.75. The smallest absolute Gasteiger partial charge is 0.250 e. The van der Waals surface area contributed by atoms with E-state index in [1.165, 1.54) is 16.5 Å². The third kappa shape index (κ3) is 3.44. The van der Waals surface area contributed by atoms with Gasteiger partial charge in [-0.15, -0.1) is 22.7 Å². The van der Waals surface area contributed by atoms with Crippen LogP contribution in [0.15, 0.2) is 22.4 Å². The summed E-state index contributed by atoms with van der Waals surface area (Å²) < 4.78 is 27.1. The second-order valence-corrected chi connectivity index (χ2v) is 9.12. The summed E-state index contributed by atoms with van der Waals surface area (Å²) in [6.45, 7) is 4.32. The second kappa shape index (κ2) is 5.90. The summed E-state index contributed by atoms with van der Waals surface area (Å²) in [5.41, 5.74) is 6.66. The van der Waals surface area contributed by atoms with Crippen molar-refractivity contribution >= 4 is 49.9 Å². The summed E-state index contributed by atoms with van der Waals surface area (Å²) >= 11 is 7.51. The lowest BCUT2D eigenvalue weighted by atomic mass is 10.3. The van der Waals surface area contributed by atoms with Gasteiger partial charge < -0.3 is 5.73 Å². The predicted molar refractivity (Wildman–Crippen MR) is 88.0 cm³/mol. The molecule has 8 heteroatoms. The summed E-state index contributed by atoms with van der Waals surface area (Å²) in [5.74, 6) is 0. The highest BCUT2D eigenvalue weighted by Gasteiger charge is 2.17. The number of hydrogen-bond donors (Lipinski definition) is 2. The summed E-state index contributed by atoms with van der Waals surface area (Å²) in [4.78, 5) is 3.00. The van der Waals surface area contributed by atoms with Gasteiger partial charge in [0.2, 0.25) is 10.0 Å². The van der Waals surface area contributed by atoms with E-state index in [9.17, 15) is 8.42 Å². The second-order valence-electron chi connectivity index (χ2n) is 4.26. The largest absolute Gasteiger partial charge is 0.389 e. The molecule has 0 aliphatic carbocycles. The number of aryl methyl sites for hydroxylation is 2. The highest BCUT2D eigenvalue weighted by molar-refractivity contribution is 7.91. The average molecular weight is 347 g/mol. The zero-order valence-electron chi connectivity index (χ0n) is 11.0. The fraction of sp³-hybridized carbons (Fsp3) is 0.250. The lowest BCUT2D eigenvalue weighted by molar-refractivity contribution is 0.584. The lowest BCUT2D eigenvalue weighted by Gasteiger charge is -2.02. The van der Waals surface area contributed by atoms with E-state index in [1.54, 1.807) is 17.4 Å². The van der Waals surface area contributed by atoms with Gasteiger partial charge in [-0.1, -0.05) is 12.2 Å². The van der Waals surface area contributed by atoms with Gasteiger partial charge in [-0.2, -0.15) is 0 Å². The molecule has 0 aromatic carbocycles. The molecule has 0 unspecified atom stereocenters. The zero-order chi connectivity index (χ0) is 14.9. The average Bonchev–Trinajstić information content (AvgIpc) is 2.96. The Morgan fingerprint density at radius 1 is 1.35 bits per heavy atom. The van der Waals surface area contributed by atoms with Crippen LogP contribution in [0.3, 0.4) is 0 Å². The van der Waals surface area contributed by atoms with Gasteiger partial charge in [0, 0.05) is 16.3 Å². The third-order valence-electron chi connectivity index (χ3n) is 2.74. The molecule has 2 rings (SSSR count). The maximum atomic E-state index is 12.2. The van der Waals surface area contributed by atoms with Crippen LogP contribution < -0.4 is 10.5 Å². The van der Waals surface area contributed by atoms with Crippen LogP contribution in [0.2, 0.25) is 0 Å². The lowest BCUT2D eigenvalue weighted by Crippen LogP contribution is -2.21. The Morgan fingerprint density at radius 2 is 2.05 bits per heavy atom. The van der Waals surface area contributed by atoms with Gasteiger partial charge in [-0.3, -0.25) is 0 Å². The summed E-state index contributed by atoms with van der Waals surface area (Å²) in [7, 11) is -3.51. The van der Waals surface area contributed by atoms with Crippen molar-refractivity contribution in [1.82, 2.24) is 4.72 Å². The molecule has 0 bridgehead atoms. The minimum absolute atomic E-state index is 0.209. The Kier molecular flexibility index (Phi) is 4.60. The summed E-state index contributed by atoms with van der Waals surface area (Å²) in [6.07, 6.45) is 0. The van der Waals surface area contributed by atoms with Gasteiger partial charge in [0.25, 0.3) is 0 Å². The molecule has 2 aromatic rings. The van der Waals surface area contributed by atoms with Crippen LogP contribution in [0.4, 0.5) is 0 Å². The molecule has 2 heterocycles. The van der Waals surface area contributed by atoms with E-state index < -0.39 is 10.0 Å². The van der Waals surface area contributed by atoms with Crippen molar-refractivity contribution in [3.63, 3.8) is 0 Å². The third-order valence-corrected chi connectivity index (χ3v) is 7.26. The number of nitrogens with two attached hydrogens (primary N) is 1. The van der Waals surface area contributed by atoms with Crippen molar-refractivity contribution in [2.45, 2.75) is 24.6 Å². The molecule has 2 aromatic heterocycles. The van der Waals surface area contributed by atoms with Gasteiger partial charge in [0.05, 0.1) is 4.88 Å². The standard InChI is InChI=1S/C12H14N2O2S4/c1-7-5-9(18-8(7)2)6-14-20(15,16)11-4-3-10(19-11)12(13)17/h3-5,14H,6H2,1-2H3,(H2,13,17). The summed E-state index contributed by atoms with van der Waals surface area (Å²) in [5, 5.41) is 0. The molecule has 0 saturated heterocycles. The van der Waals surface area contributed by atoms with Crippen molar-refractivity contribution in [2.75, 3.05) is 0 Å². The maximum Gasteiger partial charge on any atom is 0.250 e. The van der Waals surface area contributed by atoms with Gasteiger partial charge in [0.15, 0.2) is 0 Å². The number of sulfonamides is 1. The van der Waals surface area contributed by atoms with E-state index >= 15 is 0 Å². The molecule has 0 amide bonds. The molecule has 4 nitrogen and oxygen atoms in total. The van der Waals surface area contributed by atoms with Crippen molar-refractivity contribution in [1.29, 1.82) is 0 Å². The highest BCUT2D eigenvalue weighted by Crippen LogP contribution is 2.23. The molecule has 0 atom stereocenters. The SMILES string of the molecule is Cc1cc(CNS(=O)(=O)c2ccc(C(N)=S)s2)sc1C. The molecule has 0 radical (unpaired) electrons. The molecule has 20 heavy (non-hydrogen) atoms. The fourth-order valence-corrected chi connectivity index (χ4v) is 5.06. The van der Waals surface area contributed by atoms with Crippen LogP contribution >= 0.6 is 34.9 Å². The fourth-order valence-electron chi connectivity index (χ4n) is 1.57.